The van der Waals surface area contributed by atoms with Crippen molar-refractivity contribution < 1.29 is 52.3 Å². The summed E-state index contributed by atoms with van der Waals surface area (Å²) in [4.78, 5) is 30.5. The van der Waals surface area contributed by atoms with Gasteiger partial charge in [-0.25, -0.2) is 13.2 Å². The fraction of sp³-hybridized carbons (Fsp3) is 0.500. The zero-order chi connectivity index (χ0) is 15.8. The average Bonchev–Trinajstić information content (AvgIpc) is 2.14. The largest absolute Gasteiger partial charge is 0.481 e. The fourth-order valence-corrected chi connectivity index (χ4v) is 0.714. The number of aliphatic hydroxyl groups is 1. The molecule has 13 heteroatoms. The highest BCUT2D eigenvalue weighted by Crippen LogP contribution is 2.15. The first-order valence-corrected chi connectivity index (χ1v) is 6.77. The Labute approximate surface area is 109 Å². The Morgan fingerprint density at radius 3 is 1.21 bits per heavy atom. The van der Waals surface area contributed by atoms with Crippen LogP contribution in [-0.2, 0) is 34.6 Å². The summed E-state index contributed by atoms with van der Waals surface area (Å²) in [6.07, 6.45) is -2.29. The van der Waals surface area contributed by atoms with Crippen LogP contribution in [0.1, 0.15) is 12.8 Å². The Balaban J connectivity index is 0. The van der Waals surface area contributed by atoms with Gasteiger partial charge in [0.05, 0.1) is 12.8 Å². The first-order valence-electron chi connectivity index (χ1n) is 4.04. The van der Waals surface area contributed by atoms with E-state index in [4.69, 9.17) is 29.5 Å². The van der Waals surface area contributed by atoms with Crippen molar-refractivity contribution in [2.24, 2.45) is 0 Å². The number of hydrogen-bond donors (Lipinski definition) is 6. The lowest BCUT2D eigenvalue weighted by molar-refractivity contribution is -0.170. The van der Waals surface area contributed by atoms with Gasteiger partial charge in [-0.15, -0.1) is 0 Å². The zero-order valence-electron chi connectivity index (χ0n) is 8.96. The van der Waals surface area contributed by atoms with E-state index in [0.717, 1.165) is 0 Å². The van der Waals surface area contributed by atoms with E-state index in [1.165, 1.54) is 0 Å². The molecule has 0 heterocycles. The van der Waals surface area contributed by atoms with Crippen LogP contribution in [0.25, 0.3) is 0 Å². The van der Waals surface area contributed by atoms with Gasteiger partial charge in [0.15, 0.2) is 5.60 Å². The molecule has 0 fully saturated rings. The number of carboxylic acids is 3. The van der Waals surface area contributed by atoms with Crippen molar-refractivity contribution in [2.45, 2.75) is 18.4 Å². The summed E-state index contributed by atoms with van der Waals surface area (Å²) in [5.74, 6) is -5.02. The first kappa shape index (κ1) is 19.9. The molecule has 0 amide bonds. The van der Waals surface area contributed by atoms with Crippen LogP contribution in [0.4, 0.5) is 0 Å². The molecule has 0 aliphatic heterocycles. The number of aliphatic carboxylic acids is 3. The van der Waals surface area contributed by atoms with Crippen molar-refractivity contribution in [3.63, 3.8) is 0 Å². The molecule has 0 saturated carbocycles. The lowest BCUT2D eigenvalue weighted by Crippen LogP contribution is -2.42. The molecule has 2 atom stereocenters. The molecule has 2 unspecified atom stereocenters. The predicted octanol–water partition coefficient (Wildman–Crippen LogP) is -1.90. The fourth-order valence-electron chi connectivity index (χ4n) is 0.714. The third-order valence-electron chi connectivity index (χ3n) is 1.41. The maximum atomic E-state index is 10.3. The molecule has 0 radical (unpaired) electrons. The maximum absolute atomic E-state index is 10.3. The van der Waals surface area contributed by atoms with Gasteiger partial charge in [-0.1, -0.05) is 0 Å². The highest BCUT2D eigenvalue weighted by atomic mass is 33.2. The minimum absolute atomic E-state index is 1.14. The van der Waals surface area contributed by atoms with Crippen LogP contribution in [-0.4, -0.2) is 61.5 Å². The molecule has 0 spiro atoms. The number of carboxylic acid groups (broad SMARTS) is 3. The van der Waals surface area contributed by atoms with Gasteiger partial charge < -0.3 is 20.4 Å². The van der Waals surface area contributed by atoms with Crippen molar-refractivity contribution in [3.8, 4) is 0 Å². The van der Waals surface area contributed by atoms with E-state index in [2.05, 4.69) is 0 Å². The molecule has 0 aromatic carbocycles. The Hall–Kier alpha value is -1.41. The van der Waals surface area contributed by atoms with Gasteiger partial charge in [-0.2, -0.15) is 0 Å². The standard InChI is InChI=1S/C6H8O7.H2O4S2/c7-3(8)1-6(13,5(11)12)2-4(9)10;1-5(2)6(3)4/h13H,1-2H2,(H,7,8)(H,9,10)(H,11,12);(H,1,2)(H,3,4). The highest BCUT2D eigenvalue weighted by molar-refractivity contribution is 8.56. The normalized spacial score (nSPS) is 13.6. The third kappa shape index (κ3) is 10.2. The van der Waals surface area contributed by atoms with Gasteiger partial charge in [0.1, 0.15) is 0 Å². The van der Waals surface area contributed by atoms with Crippen molar-refractivity contribution in [2.75, 3.05) is 0 Å². The second-order valence-electron chi connectivity index (χ2n) is 2.91. The van der Waals surface area contributed by atoms with Gasteiger partial charge in [0.25, 0.3) is 20.2 Å². The minimum Gasteiger partial charge on any atom is -0.481 e. The third-order valence-corrected chi connectivity index (χ3v) is 2.38. The van der Waals surface area contributed by atoms with Crippen LogP contribution in [0.5, 0.6) is 0 Å². The van der Waals surface area contributed by atoms with Gasteiger partial charge in [0.2, 0.25) is 0 Å². The lowest BCUT2D eigenvalue weighted by Gasteiger charge is -2.18. The molecule has 0 rings (SSSR count). The summed E-state index contributed by atoms with van der Waals surface area (Å²) < 4.78 is 33.6. The van der Waals surface area contributed by atoms with E-state index < -0.39 is 56.6 Å². The van der Waals surface area contributed by atoms with Crippen LogP contribution in [0, 0.1) is 0 Å². The van der Waals surface area contributed by atoms with E-state index in [1.807, 2.05) is 0 Å². The minimum atomic E-state index is -2.74. The SMILES string of the molecule is O=C(O)CC(O)(CC(=O)O)C(=O)O.O=S(O)S(=O)O. The molecule has 0 saturated heterocycles. The molecule has 0 aliphatic rings. The van der Waals surface area contributed by atoms with Crippen LogP contribution in [0.2, 0.25) is 0 Å². The van der Waals surface area contributed by atoms with Gasteiger partial charge in [-0.3, -0.25) is 18.7 Å². The molecular weight excluding hydrogens is 312 g/mol. The number of rotatable bonds is 6. The van der Waals surface area contributed by atoms with Crippen molar-refractivity contribution in [1.82, 2.24) is 0 Å². The monoisotopic (exact) mass is 322 g/mol. The summed E-state index contributed by atoms with van der Waals surface area (Å²) in [5.41, 5.74) is -2.74. The average molecular weight is 322 g/mol. The van der Waals surface area contributed by atoms with Crippen LogP contribution >= 0.6 is 0 Å². The van der Waals surface area contributed by atoms with Crippen LogP contribution < -0.4 is 0 Å². The van der Waals surface area contributed by atoms with Gasteiger partial charge in [0, 0.05) is 0 Å². The van der Waals surface area contributed by atoms with E-state index in [9.17, 15) is 22.8 Å². The van der Waals surface area contributed by atoms with E-state index in [0.29, 0.717) is 0 Å². The molecule has 0 aromatic rings. The van der Waals surface area contributed by atoms with Crippen molar-refractivity contribution >= 4 is 38.1 Å². The first-order chi connectivity index (χ1) is 8.42. The molecular formula is C6H10O11S2. The van der Waals surface area contributed by atoms with E-state index >= 15 is 0 Å². The van der Waals surface area contributed by atoms with Crippen molar-refractivity contribution in [3.05, 3.63) is 0 Å². The zero-order valence-corrected chi connectivity index (χ0v) is 10.6. The Morgan fingerprint density at radius 2 is 1.11 bits per heavy atom. The second kappa shape index (κ2) is 8.65. The smallest absolute Gasteiger partial charge is 0.336 e. The molecule has 0 aliphatic carbocycles. The van der Waals surface area contributed by atoms with E-state index in [1.54, 1.807) is 0 Å². The molecule has 11 nitrogen and oxygen atoms in total. The summed E-state index contributed by atoms with van der Waals surface area (Å²) in [7, 11) is -5.18. The number of carbonyl (C=O) groups is 3. The summed E-state index contributed by atoms with van der Waals surface area (Å²) >= 11 is 0. The highest BCUT2D eigenvalue weighted by Gasteiger charge is 2.40. The molecule has 6 N–H and O–H groups in total. The maximum Gasteiger partial charge on any atom is 0.336 e. The Morgan fingerprint density at radius 1 is 0.842 bits per heavy atom. The van der Waals surface area contributed by atoms with Crippen molar-refractivity contribution in [1.29, 1.82) is 0 Å². The molecule has 112 valence electrons. The second-order valence-corrected chi connectivity index (χ2v) is 5.49. The Bertz CT molecular complexity index is 374. The quantitative estimate of drug-likeness (QED) is 0.235. The molecule has 0 bridgehead atoms. The van der Waals surface area contributed by atoms with Gasteiger partial charge >= 0.3 is 17.9 Å². The lowest BCUT2D eigenvalue weighted by atomic mass is 9.96. The predicted molar refractivity (Wildman–Crippen MR) is 58.6 cm³/mol. The van der Waals surface area contributed by atoms with Gasteiger partial charge in [-0.05, 0) is 0 Å². The topological polar surface area (TPSA) is 207 Å². The van der Waals surface area contributed by atoms with Crippen LogP contribution in [0.3, 0.4) is 0 Å². The molecule has 19 heavy (non-hydrogen) atoms. The summed E-state index contributed by atoms with van der Waals surface area (Å²) in [5, 5.41) is 33.8. The summed E-state index contributed by atoms with van der Waals surface area (Å²) in [6.45, 7) is 0. The molecule has 0 aromatic heterocycles. The van der Waals surface area contributed by atoms with Crippen LogP contribution in [0.15, 0.2) is 0 Å². The number of hydrogen-bond acceptors (Lipinski definition) is 6. The van der Waals surface area contributed by atoms with E-state index in [-0.39, 0.29) is 0 Å². The summed E-state index contributed by atoms with van der Waals surface area (Å²) in [6, 6.07) is 0. The Kier molecular flexibility index (Phi) is 9.07.